The molecule has 1 amide bonds. The van der Waals surface area contributed by atoms with Gasteiger partial charge in [-0.1, -0.05) is 12.2 Å². The lowest BCUT2D eigenvalue weighted by Gasteiger charge is -2.28. The molecule has 2 aliphatic rings. The third kappa shape index (κ3) is 2.64. The molecule has 1 aliphatic heterocycles. The standard InChI is InChI=1S/C13H22N2O/c1-2-15(12-7-8-14-10-12)13(16)9-11-5-3-4-6-11/h3,5,11-12,14H,2,4,6-10H2,1H3. The third-order valence-electron chi connectivity index (χ3n) is 3.69. The number of hydrogen-bond donors (Lipinski definition) is 1. The summed E-state index contributed by atoms with van der Waals surface area (Å²) in [6.45, 7) is 4.96. The summed E-state index contributed by atoms with van der Waals surface area (Å²) in [5.41, 5.74) is 0. The van der Waals surface area contributed by atoms with Gasteiger partial charge in [0.1, 0.15) is 0 Å². The Balaban J connectivity index is 1.87. The number of nitrogens with one attached hydrogen (secondary N) is 1. The van der Waals surface area contributed by atoms with Crippen LogP contribution in [0.2, 0.25) is 0 Å². The smallest absolute Gasteiger partial charge is 0.223 e. The monoisotopic (exact) mass is 222 g/mol. The van der Waals surface area contributed by atoms with Crippen LogP contribution in [0.3, 0.4) is 0 Å². The number of amides is 1. The summed E-state index contributed by atoms with van der Waals surface area (Å²) >= 11 is 0. The lowest BCUT2D eigenvalue weighted by Crippen LogP contribution is -2.41. The molecule has 3 nitrogen and oxygen atoms in total. The van der Waals surface area contributed by atoms with Crippen molar-refractivity contribution in [2.75, 3.05) is 19.6 Å². The molecule has 1 heterocycles. The van der Waals surface area contributed by atoms with Crippen LogP contribution in [0.5, 0.6) is 0 Å². The van der Waals surface area contributed by atoms with E-state index in [2.05, 4.69) is 29.3 Å². The summed E-state index contributed by atoms with van der Waals surface area (Å²) in [5, 5.41) is 3.33. The van der Waals surface area contributed by atoms with Crippen molar-refractivity contribution in [3.63, 3.8) is 0 Å². The van der Waals surface area contributed by atoms with Gasteiger partial charge in [0.25, 0.3) is 0 Å². The minimum absolute atomic E-state index is 0.341. The molecule has 0 bridgehead atoms. The Morgan fingerprint density at radius 2 is 2.38 bits per heavy atom. The maximum Gasteiger partial charge on any atom is 0.223 e. The molecule has 1 saturated heterocycles. The zero-order chi connectivity index (χ0) is 11.4. The molecule has 2 rings (SSSR count). The van der Waals surface area contributed by atoms with Crippen molar-refractivity contribution in [1.82, 2.24) is 10.2 Å². The van der Waals surface area contributed by atoms with Gasteiger partial charge in [-0.15, -0.1) is 0 Å². The molecule has 0 aromatic rings. The Morgan fingerprint density at radius 1 is 1.50 bits per heavy atom. The fourth-order valence-corrected chi connectivity index (χ4v) is 2.75. The fraction of sp³-hybridized carbons (Fsp3) is 0.769. The van der Waals surface area contributed by atoms with Crippen LogP contribution >= 0.6 is 0 Å². The molecule has 0 aromatic heterocycles. The van der Waals surface area contributed by atoms with Gasteiger partial charge in [0, 0.05) is 25.6 Å². The molecule has 2 unspecified atom stereocenters. The molecule has 3 heteroatoms. The molecular weight excluding hydrogens is 200 g/mol. The van der Waals surface area contributed by atoms with Crippen LogP contribution in [0.1, 0.15) is 32.6 Å². The van der Waals surface area contributed by atoms with Gasteiger partial charge in [0.05, 0.1) is 0 Å². The first kappa shape index (κ1) is 11.6. The van der Waals surface area contributed by atoms with E-state index in [4.69, 9.17) is 0 Å². The SMILES string of the molecule is CCN(C(=O)CC1C=CCC1)C1CCNC1. The summed E-state index contributed by atoms with van der Waals surface area (Å²) in [6, 6.07) is 0.433. The zero-order valence-corrected chi connectivity index (χ0v) is 10.1. The van der Waals surface area contributed by atoms with E-state index in [1.807, 2.05) is 0 Å². The maximum absolute atomic E-state index is 12.2. The average Bonchev–Trinajstić information content (AvgIpc) is 2.91. The maximum atomic E-state index is 12.2. The quantitative estimate of drug-likeness (QED) is 0.732. The number of allylic oxidation sites excluding steroid dienone is 2. The van der Waals surface area contributed by atoms with E-state index < -0.39 is 0 Å². The van der Waals surface area contributed by atoms with Crippen molar-refractivity contribution in [2.24, 2.45) is 5.92 Å². The van der Waals surface area contributed by atoms with Gasteiger partial charge in [0.2, 0.25) is 5.91 Å². The second-order valence-electron chi connectivity index (χ2n) is 4.80. The number of carbonyl (C=O) groups excluding carboxylic acids is 1. The predicted octanol–water partition coefficient (Wildman–Crippen LogP) is 1.55. The van der Waals surface area contributed by atoms with Gasteiger partial charge in [0.15, 0.2) is 0 Å². The Labute approximate surface area is 97.9 Å². The van der Waals surface area contributed by atoms with E-state index in [1.165, 1.54) is 0 Å². The van der Waals surface area contributed by atoms with Gasteiger partial charge in [-0.3, -0.25) is 4.79 Å². The third-order valence-corrected chi connectivity index (χ3v) is 3.69. The predicted molar refractivity (Wildman–Crippen MR) is 65.1 cm³/mol. The van der Waals surface area contributed by atoms with Crippen molar-refractivity contribution in [3.05, 3.63) is 12.2 Å². The highest BCUT2D eigenvalue weighted by atomic mass is 16.2. The van der Waals surface area contributed by atoms with Crippen LogP contribution in [0.15, 0.2) is 12.2 Å². The van der Waals surface area contributed by atoms with Gasteiger partial charge < -0.3 is 10.2 Å². The van der Waals surface area contributed by atoms with E-state index >= 15 is 0 Å². The second-order valence-corrected chi connectivity index (χ2v) is 4.80. The van der Waals surface area contributed by atoms with Gasteiger partial charge >= 0.3 is 0 Å². The van der Waals surface area contributed by atoms with E-state index in [9.17, 15) is 4.79 Å². The highest BCUT2D eigenvalue weighted by molar-refractivity contribution is 5.77. The molecular formula is C13H22N2O. The number of nitrogens with zero attached hydrogens (tertiary/aromatic N) is 1. The summed E-state index contributed by atoms with van der Waals surface area (Å²) < 4.78 is 0. The van der Waals surface area contributed by atoms with Crippen LogP contribution < -0.4 is 5.32 Å². The minimum atomic E-state index is 0.341. The van der Waals surface area contributed by atoms with Crippen molar-refractivity contribution < 1.29 is 4.79 Å². The first-order valence-corrected chi connectivity index (χ1v) is 6.48. The van der Waals surface area contributed by atoms with E-state index in [0.717, 1.165) is 38.9 Å². The highest BCUT2D eigenvalue weighted by Crippen LogP contribution is 2.22. The largest absolute Gasteiger partial charge is 0.339 e. The zero-order valence-electron chi connectivity index (χ0n) is 10.1. The Kier molecular flexibility index (Phi) is 3.99. The lowest BCUT2D eigenvalue weighted by atomic mass is 10.0. The second kappa shape index (κ2) is 5.48. The van der Waals surface area contributed by atoms with Gasteiger partial charge in [-0.05, 0) is 38.6 Å². The molecule has 0 radical (unpaired) electrons. The Hall–Kier alpha value is -0.830. The van der Waals surface area contributed by atoms with Crippen LogP contribution in [-0.2, 0) is 4.79 Å². The van der Waals surface area contributed by atoms with Crippen molar-refractivity contribution in [2.45, 2.75) is 38.6 Å². The van der Waals surface area contributed by atoms with Crippen LogP contribution in [0.4, 0.5) is 0 Å². The van der Waals surface area contributed by atoms with Gasteiger partial charge in [-0.2, -0.15) is 0 Å². The molecule has 0 saturated carbocycles. The summed E-state index contributed by atoms with van der Waals surface area (Å²) in [6.07, 6.45) is 8.53. The molecule has 0 aromatic carbocycles. The summed E-state index contributed by atoms with van der Waals surface area (Å²) in [5.74, 6) is 0.837. The molecule has 16 heavy (non-hydrogen) atoms. The average molecular weight is 222 g/mol. The van der Waals surface area contributed by atoms with Crippen molar-refractivity contribution in [3.8, 4) is 0 Å². The van der Waals surface area contributed by atoms with Crippen molar-refractivity contribution in [1.29, 1.82) is 0 Å². The first-order valence-electron chi connectivity index (χ1n) is 6.48. The van der Waals surface area contributed by atoms with E-state index in [1.54, 1.807) is 0 Å². The lowest BCUT2D eigenvalue weighted by molar-refractivity contribution is -0.133. The molecule has 1 N–H and O–H groups in total. The molecule has 90 valence electrons. The van der Waals surface area contributed by atoms with Crippen LogP contribution in [0.25, 0.3) is 0 Å². The number of carbonyl (C=O) groups is 1. The van der Waals surface area contributed by atoms with E-state index in [0.29, 0.717) is 24.3 Å². The van der Waals surface area contributed by atoms with Crippen LogP contribution in [0, 0.1) is 5.92 Å². The minimum Gasteiger partial charge on any atom is -0.339 e. The number of likely N-dealkylation sites (N-methyl/N-ethyl adjacent to an activating group) is 1. The summed E-state index contributed by atoms with van der Waals surface area (Å²) in [7, 11) is 0. The van der Waals surface area contributed by atoms with Gasteiger partial charge in [-0.25, -0.2) is 0 Å². The Morgan fingerprint density at radius 3 is 2.94 bits per heavy atom. The van der Waals surface area contributed by atoms with E-state index in [-0.39, 0.29) is 0 Å². The molecule has 1 fully saturated rings. The molecule has 2 atom stereocenters. The van der Waals surface area contributed by atoms with Crippen LogP contribution in [-0.4, -0.2) is 36.5 Å². The number of rotatable bonds is 4. The normalized spacial score (nSPS) is 28.6. The number of hydrogen-bond acceptors (Lipinski definition) is 2. The van der Waals surface area contributed by atoms with Crippen molar-refractivity contribution >= 4 is 5.91 Å². The molecule has 1 aliphatic carbocycles. The highest BCUT2D eigenvalue weighted by Gasteiger charge is 2.26. The topological polar surface area (TPSA) is 32.3 Å². The molecule has 0 spiro atoms. The fourth-order valence-electron chi connectivity index (χ4n) is 2.75. The summed E-state index contributed by atoms with van der Waals surface area (Å²) in [4.78, 5) is 14.2. The Bertz CT molecular complexity index is 269. The first-order chi connectivity index (χ1) is 7.81.